The number of hydroxylamine groups is 2. The van der Waals surface area contributed by atoms with Gasteiger partial charge in [-0.3, -0.25) is 30.0 Å². The summed E-state index contributed by atoms with van der Waals surface area (Å²) in [5, 5.41) is 23.5. The molecule has 216 valence electrons. The van der Waals surface area contributed by atoms with E-state index < -0.39 is 5.91 Å². The van der Waals surface area contributed by atoms with Crippen LogP contribution in [0.5, 0.6) is 0 Å². The van der Waals surface area contributed by atoms with Gasteiger partial charge in [-0.2, -0.15) is 0 Å². The van der Waals surface area contributed by atoms with E-state index in [-0.39, 0.29) is 17.2 Å². The van der Waals surface area contributed by atoms with Gasteiger partial charge in [-0.05, 0) is 72.1 Å². The Hall–Kier alpha value is -2.53. The fraction of sp³-hybridized carbons (Fsp3) is 0.679. The third-order valence-electron chi connectivity index (χ3n) is 6.67. The van der Waals surface area contributed by atoms with Crippen LogP contribution in [0.3, 0.4) is 0 Å². The molecule has 0 radical (unpaired) electrons. The summed E-state index contributed by atoms with van der Waals surface area (Å²) in [6.07, 6.45) is 7.52. The maximum absolute atomic E-state index is 11.5. The first kappa shape index (κ1) is 33.5. The van der Waals surface area contributed by atoms with Crippen LogP contribution in [0.25, 0.3) is 0 Å². The second kappa shape index (κ2) is 17.9. The van der Waals surface area contributed by atoms with Crippen molar-refractivity contribution >= 4 is 17.5 Å². The highest BCUT2D eigenvalue weighted by Crippen LogP contribution is 2.10. The van der Waals surface area contributed by atoms with Gasteiger partial charge in [-0.1, -0.05) is 13.2 Å². The summed E-state index contributed by atoms with van der Waals surface area (Å²) >= 11 is 0. The summed E-state index contributed by atoms with van der Waals surface area (Å²) in [4.78, 5) is 29.2. The summed E-state index contributed by atoms with van der Waals surface area (Å²) in [5.74, 6) is -0.665. The molecule has 0 spiro atoms. The molecule has 2 amide bonds. The van der Waals surface area contributed by atoms with Crippen LogP contribution in [-0.4, -0.2) is 114 Å². The third kappa shape index (κ3) is 12.3. The average Bonchev–Trinajstić information content (AvgIpc) is 3.34. The lowest BCUT2D eigenvalue weighted by atomic mass is 10.2. The van der Waals surface area contributed by atoms with E-state index in [9.17, 15) is 9.59 Å². The Labute approximate surface area is 229 Å². The highest BCUT2D eigenvalue weighted by atomic mass is 16.5. The number of carbonyl (C=O) groups excluding carboxylic acids is 2. The summed E-state index contributed by atoms with van der Waals surface area (Å²) in [6.45, 7) is 23.7. The van der Waals surface area contributed by atoms with Crippen LogP contribution >= 0.6 is 0 Å². The quantitative estimate of drug-likeness (QED) is 0.179. The van der Waals surface area contributed by atoms with Gasteiger partial charge in [-0.15, -0.1) is 0 Å². The molecule has 0 saturated carbocycles. The number of likely N-dealkylation sites (tertiary alicyclic amines) is 1. The molecule has 0 unspecified atom stereocenters. The van der Waals surface area contributed by atoms with E-state index in [0.29, 0.717) is 17.1 Å². The maximum atomic E-state index is 11.5. The minimum absolute atomic E-state index is 0.00639. The number of rotatable bonds is 6. The van der Waals surface area contributed by atoms with Crippen LogP contribution in [0.4, 0.5) is 0 Å². The first-order chi connectivity index (χ1) is 18.0. The Bertz CT molecular complexity index is 811. The second-order valence-corrected chi connectivity index (χ2v) is 10.4. The van der Waals surface area contributed by atoms with E-state index in [4.69, 9.17) is 10.6 Å². The molecule has 0 atom stereocenters. The van der Waals surface area contributed by atoms with Crippen molar-refractivity contribution in [2.45, 2.75) is 65.5 Å². The van der Waals surface area contributed by atoms with Crippen LogP contribution < -0.4 is 10.6 Å². The van der Waals surface area contributed by atoms with E-state index in [1.807, 2.05) is 0 Å². The minimum Gasteiger partial charge on any atom is -0.387 e. The topological polar surface area (TPSA) is 115 Å². The van der Waals surface area contributed by atoms with Gasteiger partial charge in [0.2, 0.25) is 0 Å². The summed E-state index contributed by atoms with van der Waals surface area (Å²) in [7, 11) is 1.30. The number of hydrogen-bond donors (Lipinski definition) is 4. The SMILES string of the molecule is C=C(/C=C1/CN(C(C)C)CCCN1)C(=O)N(C)O.C=CC(=N)C(=O)N1CCCC1.CC(C)N1CCCNC1. The molecule has 0 aromatic heterocycles. The van der Waals surface area contributed by atoms with Crippen molar-refractivity contribution in [3.63, 3.8) is 0 Å². The van der Waals surface area contributed by atoms with Crippen molar-refractivity contribution < 1.29 is 14.8 Å². The zero-order valence-corrected chi connectivity index (χ0v) is 24.3. The van der Waals surface area contributed by atoms with Crippen LogP contribution in [0.15, 0.2) is 36.6 Å². The largest absolute Gasteiger partial charge is 0.387 e. The predicted molar refractivity (Wildman–Crippen MR) is 154 cm³/mol. The van der Waals surface area contributed by atoms with Crippen molar-refractivity contribution in [1.82, 2.24) is 30.4 Å². The standard InChI is InChI=1S/C13H23N3O2.C8H12N2O.C7H16N2/c1-10(2)16-7-5-6-14-12(9-16)8-11(3)13(17)15(4)18;1-2-7(9)8(11)10-5-3-4-6-10;1-7(2)9-5-3-4-8-6-9/h8,10,14,18H,3,5-7,9H2,1-2,4H3;2,9H,1,3-6H2;7-8H,3-6H2,1-2H3/b12-8-;;. The molecular weight excluding hydrogens is 482 g/mol. The first-order valence-electron chi connectivity index (χ1n) is 13.8. The molecule has 3 fully saturated rings. The van der Waals surface area contributed by atoms with Crippen molar-refractivity contribution in [3.8, 4) is 0 Å². The first-order valence-corrected chi connectivity index (χ1v) is 13.8. The predicted octanol–water partition coefficient (Wildman–Crippen LogP) is 2.44. The molecule has 10 nitrogen and oxygen atoms in total. The van der Waals surface area contributed by atoms with E-state index in [0.717, 1.165) is 64.4 Å². The Morgan fingerprint density at radius 1 is 1.00 bits per heavy atom. The van der Waals surface area contributed by atoms with E-state index in [2.05, 4.69) is 61.3 Å². The number of amides is 2. The molecule has 10 heteroatoms. The molecule has 3 heterocycles. The van der Waals surface area contributed by atoms with E-state index in [1.165, 1.54) is 32.6 Å². The smallest absolute Gasteiger partial charge is 0.276 e. The summed E-state index contributed by atoms with van der Waals surface area (Å²) in [5.41, 5.74) is 1.27. The monoisotopic (exact) mass is 533 g/mol. The van der Waals surface area contributed by atoms with Crippen LogP contribution in [-0.2, 0) is 9.59 Å². The molecule has 3 aliphatic rings. The van der Waals surface area contributed by atoms with Gasteiger partial charge in [0, 0.05) is 76.3 Å². The van der Waals surface area contributed by atoms with Crippen LogP contribution in [0.2, 0.25) is 0 Å². The maximum Gasteiger partial charge on any atom is 0.276 e. The third-order valence-corrected chi connectivity index (χ3v) is 6.67. The zero-order chi connectivity index (χ0) is 28.7. The van der Waals surface area contributed by atoms with Gasteiger partial charge in [0.1, 0.15) is 5.71 Å². The Balaban J connectivity index is 0.000000307. The molecule has 0 bridgehead atoms. The van der Waals surface area contributed by atoms with Gasteiger partial charge < -0.3 is 15.5 Å². The van der Waals surface area contributed by atoms with Gasteiger partial charge in [0.15, 0.2) is 0 Å². The zero-order valence-electron chi connectivity index (χ0n) is 24.3. The molecule has 3 saturated heterocycles. The van der Waals surface area contributed by atoms with Crippen LogP contribution in [0.1, 0.15) is 53.4 Å². The minimum atomic E-state index is -0.482. The Morgan fingerprint density at radius 3 is 2.05 bits per heavy atom. The van der Waals surface area contributed by atoms with Crippen LogP contribution in [0, 0.1) is 5.41 Å². The van der Waals surface area contributed by atoms with Crippen molar-refractivity contribution in [2.75, 3.05) is 59.5 Å². The Morgan fingerprint density at radius 2 is 1.58 bits per heavy atom. The average molecular weight is 534 g/mol. The van der Waals surface area contributed by atoms with Gasteiger partial charge in [0.05, 0.1) is 0 Å². The summed E-state index contributed by atoms with van der Waals surface area (Å²) < 4.78 is 0. The van der Waals surface area contributed by atoms with Crippen molar-refractivity contribution in [3.05, 3.63) is 36.6 Å². The molecule has 0 aromatic carbocycles. The molecule has 0 aliphatic carbocycles. The molecule has 4 N–H and O–H groups in total. The molecule has 3 aliphatic heterocycles. The lowest BCUT2D eigenvalue weighted by molar-refractivity contribution is -0.154. The molecule has 0 aromatic rings. The summed E-state index contributed by atoms with van der Waals surface area (Å²) in [6, 6.07) is 1.18. The molecular formula is C28H51N7O3. The van der Waals surface area contributed by atoms with E-state index in [1.54, 1.807) is 11.0 Å². The number of carbonyl (C=O) groups is 2. The van der Waals surface area contributed by atoms with Gasteiger partial charge in [-0.25, -0.2) is 5.06 Å². The number of nitrogens with zero attached hydrogens (tertiary/aromatic N) is 4. The number of hydrogen-bond acceptors (Lipinski definition) is 8. The van der Waals surface area contributed by atoms with Crippen molar-refractivity contribution in [2.24, 2.45) is 0 Å². The van der Waals surface area contributed by atoms with Gasteiger partial charge >= 0.3 is 0 Å². The highest BCUT2D eigenvalue weighted by molar-refractivity contribution is 6.41. The lowest BCUT2D eigenvalue weighted by Gasteiger charge is -2.30. The second-order valence-electron chi connectivity index (χ2n) is 10.4. The number of likely N-dealkylation sites (N-methyl/N-ethyl adjacent to an activating group) is 1. The lowest BCUT2D eigenvalue weighted by Crippen LogP contribution is -2.44. The molecule has 3 rings (SSSR count). The number of nitrogens with one attached hydrogen (secondary N) is 3. The normalized spacial score (nSPS) is 19.5. The fourth-order valence-electron chi connectivity index (χ4n) is 4.23. The Kier molecular flexibility index (Phi) is 15.8. The van der Waals surface area contributed by atoms with E-state index >= 15 is 0 Å². The van der Waals surface area contributed by atoms with Crippen molar-refractivity contribution in [1.29, 1.82) is 5.41 Å². The highest BCUT2D eigenvalue weighted by Gasteiger charge is 2.19. The molecule has 38 heavy (non-hydrogen) atoms. The fourth-order valence-corrected chi connectivity index (χ4v) is 4.23. The van der Waals surface area contributed by atoms with Gasteiger partial charge in [0.25, 0.3) is 11.8 Å².